The normalized spacial score (nSPS) is 28.2. The molecule has 0 radical (unpaired) electrons. The molecule has 0 spiro atoms. The second-order valence-electron chi connectivity index (χ2n) is 5.81. The van der Waals surface area contributed by atoms with E-state index >= 15 is 0 Å². The van der Waals surface area contributed by atoms with Gasteiger partial charge in [-0.1, -0.05) is 38.9 Å². The fourth-order valence-corrected chi connectivity index (χ4v) is 8.82. The van der Waals surface area contributed by atoms with Gasteiger partial charge in [-0.25, -0.2) is 0 Å². The Kier molecular flexibility index (Phi) is 5.75. The summed E-state index contributed by atoms with van der Waals surface area (Å²) in [6.07, 6.45) is 5.91. The van der Waals surface area contributed by atoms with Crippen molar-refractivity contribution in [2.45, 2.75) is 70.9 Å². The second kappa shape index (κ2) is 5.61. The van der Waals surface area contributed by atoms with E-state index in [2.05, 4.69) is 33.1 Å². The van der Waals surface area contributed by atoms with E-state index in [0.29, 0.717) is 6.10 Å². The first kappa shape index (κ1) is 15.4. The highest BCUT2D eigenvalue weighted by Gasteiger charge is 2.47. The quantitative estimate of drug-likeness (QED) is 0.763. The van der Waals surface area contributed by atoms with Gasteiger partial charge in [-0.05, 0) is 25.9 Å². The topological polar surface area (TPSA) is 44.2 Å². The van der Waals surface area contributed by atoms with E-state index in [1.54, 1.807) is 0 Å². The van der Waals surface area contributed by atoms with Crippen LogP contribution in [0.4, 0.5) is 0 Å². The third kappa shape index (κ3) is 3.69. The Hall–Kier alpha value is 0.354. The van der Waals surface area contributed by atoms with E-state index in [-0.39, 0.29) is 6.15 Å². The molecule has 0 aromatic rings. The standard InChI is InChI=1S/C11H26OSi2.H3N/c1-6-7-8-11-9-10-13(2,3)14(4,5)12-11;/h11H,6-10H2,1-5H3;1H3. The van der Waals surface area contributed by atoms with Crippen LogP contribution in [0.25, 0.3) is 0 Å². The van der Waals surface area contributed by atoms with Gasteiger partial charge < -0.3 is 10.6 Å². The zero-order valence-electron chi connectivity index (χ0n) is 11.2. The van der Waals surface area contributed by atoms with Crippen LogP contribution in [0, 0.1) is 0 Å². The first-order valence-electron chi connectivity index (χ1n) is 6.07. The van der Waals surface area contributed by atoms with Crippen molar-refractivity contribution >= 4 is 15.4 Å². The molecule has 1 atom stereocenters. The maximum absolute atomic E-state index is 6.39. The van der Waals surface area contributed by atoms with Crippen molar-refractivity contribution in [1.29, 1.82) is 0 Å². The second-order valence-corrected chi connectivity index (χ2v) is 21.0. The number of hydrogen-bond acceptors (Lipinski definition) is 2. The molecule has 0 amide bonds. The Bertz CT molecular complexity index is 195. The van der Waals surface area contributed by atoms with E-state index in [9.17, 15) is 0 Å². The summed E-state index contributed by atoms with van der Waals surface area (Å²) in [7, 11) is -2.27. The van der Waals surface area contributed by atoms with Gasteiger partial charge in [0.15, 0.2) is 7.83 Å². The van der Waals surface area contributed by atoms with Gasteiger partial charge in [0.2, 0.25) is 0 Å². The van der Waals surface area contributed by atoms with Gasteiger partial charge in [0, 0.05) is 6.10 Å². The minimum atomic E-state index is -1.29. The fraction of sp³-hybridized carbons (Fsp3) is 1.00. The van der Waals surface area contributed by atoms with Crippen LogP contribution in [0.15, 0.2) is 0 Å². The predicted molar refractivity (Wildman–Crippen MR) is 73.8 cm³/mol. The molecule has 1 unspecified atom stereocenters. The molecule has 4 heteroatoms. The molecule has 1 aliphatic rings. The molecule has 0 aliphatic carbocycles. The van der Waals surface area contributed by atoms with Gasteiger partial charge in [-0.15, -0.1) is 0 Å². The Morgan fingerprint density at radius 1 is 1.20 bits per heavy atom. The van der Waals surface area contributed by atoms with Gasteiger partial charge in [0.1, 0.15) is 0 Å². The van der Waals surface area contributed by atoms with Crippen molar-refractivity contribution in [2.75, 3.05) is 0 Å². The highest BCUT2D eigenvalue weighted by Crippen LogP contribution is 2.34. The summed E-state index contributed by atoms with van der Waals surface area (Å²) in [6, 6.07) is 1.50. The molecule has 0 bridgehead atoms. The van der Waals surface area contributed by atoms with Crippen molar-refractivity contribution in [3.05, 3.63) is 0 Å². The number of unbranched alkanes of at least 4 members (excludes halogenated alkanes) is 1. The summed E-state index contributed by atoms with van der Waals surface area (Å²) >= 11 is 0. The number of hydrogen-bond donors (Lipinski definition) is 1. The van der Waals surface area contributed by atoms with Gasteiger partial charge in [-0.3, -0.25) is 0 Å². The molecule has 1 aliphatic heterocycles. The molecule has 1 saturated heterocycles. The van der Waals surface area contributed by atoms with Gasteiger partial charge in [0.05, 0.1) is 7.59 Å². The predicted octanol–water partition coefficient (Wildman–Crippen LogP) is 4.12. The van der Waals surface area contributed by atoms with Crippen LogP contribution < -0.4 is 6.15 Å². The van der Waals surface area contributed by atoms with Crippen LogP contribution in [-0.4, -0.2) is 21.5 Å². The third-order valence-corrected chi connectivity index (χ3v) is 20.7. The lowest BCUT2D eigenvalue weighted by Crippen LogP contribution is -2.61. The first-order chi connectivity index (χ1) is 6.39. The van der Waals surface area contributed by atoms with E-state index in [0.717, 1.165) is 0 Å². The van der Waals surface area contributed by atoms with E-state index in [4.69, 9.17) is 4.43 Å². The molecular formula is C11H29NOSi2. The van der Waals surface area contributed by atoms with Crippen LogP contribution in [0.5, 0.6) is 0 Å². The lowest BCUT2D eigenvalue weighted by atomic mass is 10.1. The summed E-state index contributed by atoms with van der Waals surface area (Å²) in [5, 5.41) is 0. The van der Waals surface area contributed by atoms with Gasteiger partial charge in [-0.2, -0.15) is 0 Å². The maximum Gasteiger partial charge on any atom is 0.174 e. The highest BCUT2D eigenvalue weighted by atomic mass is 29.3. The van der Waals surface area contributed by atoms with Crippen molar-refractivity contribution in [1.82, 2.24) is 6.15 Å². The molecular weight excluding hydrogens is 218 g/mol. The average molecular weight is 248 g/mol. The molecule has 15 heavy (non-hydrogen) atoms. The maximum atomic E-state index is 6.39. The summed E-state index contributed by atoms with van der Waals surface area (Å²) in [4.78, 5) is 0. The third-order valence-electron chi connectivity index (χ3n) is 4.06. The lowest BCUT2D eigenvalue weighted by molar-refractivity contribution is 0.172. The Labute approximate surface area is 97.3 Å². The van der Waals surface area contributed by atoms with Crippen LogP contribution in [0.2, 0.25) is 32.2 Å². The summed E-state index contributed by atoms with van der Waals surface area (Å²) in [5.41, 5.74) is 0. The van der Waals surface area contributed by atoms with Crippen molar-refractivity contribution < 1.29 is 4.43 Å². The molecule has 0 aromatic carbocycles. The van der Waals surface area contributed by atoms with Crippen LogP contribution in [0.3, 0.4) is 0 Å². The average Bonchev–Trinajstić information content (AvgIpc) is 2.07. The number of rotatable bonds is 3. The van der Waals surface area contributed by atoms with Crippen LogP contribution >= 0.6 is 0 Å². The monoisotopic (exact) mass is 247 g/mol. The Balaban J connectivity index is 0.00000196. The summed E-state index contributed by atoms with van der Waals surface area (Å²) < 4.78 is 6.39. The molecule has 0 saturated carbocycles. The van der Waals surface area contributed by atoms with E-state index in [1.165, 1.54) is 31.7 Å². The Morgan fingerprint density at radius 3 is 2.27 bits per heavy atom. The highest BCUT2D eigenvalue weighted by molar-refractivity contribution is 7.38. The first-order valence-corrected chi connectivity index (χ1v) is 13.2. The van der Waals surface area contributed by atoms with Gasteiger partial charge >= 0.3 is 0 Å². The van der Waals surface area contributed by atoms with Crippen molar-refractivity contribution in [2.24, 2.45) is 0 Å². The molecule has 0 aromatic heterocycles. The summed E-state index contributed by atoms with van der Waals surface area (Å²) in [5.74, 6) is 0. The molecule has 1 rings (SSSR count). The molecule has 2 nitrogen and oxygen atoms in total. The zero-order chi connectivity index (χ0) is 10.8. The SMILES string of the molecule is CCCCC1CC[Si](C)(C)[Si](C)(C)O1.N. The van der Waals surface area contributed by atoms with E-state index in [1.807, 2.05) is 0 Å². The summed E-state index contributed by atoms with van der Waals surface area (Å²) in [6.45, 7) is 12.2. The lowest BCUT2D eigenvalue weighted by Gasteiger charge is -2.45. The van der Waals surface area contributed by atoms with Crippen molar-refractivity contribution in [3.8, 4) is 0 Å². The van der Waals surface area contributed by atoms with Crippen LogP contribution in [-0.2, 0) is 4.43 Å². The fourth-order valence-electron chi connectivity index (χ4n) is 2.09. The van der Waals surface area contributed by atoms with Gasteiger partial charge in [0.25, 0.3) is 0 Å². The van der Waals surface area contributed by atoms with Crippen molar-refractivity contribution in [3.63, 3.8) is 0 Å². The largest absolute Gasteiger partial charge is 0.417 e. The minimum absolute atomic E-state index is 0. The Morgan fingerprint density at radius 2 is 1.80 bits per heavy atom. The smallest absolute Gasteiger partial charge is 0.174 e. The van der Waals surface area contributed by atoms with E-state index < -0.39 is 15.4 Å². The zero-order valence-corrected chi connectivity index (χ0v) is 13.2. The molecule has 92 valence electrons. The molecule has 3 N–H and O–H groups in total. The molecule has 1 fully saturated rings. The molecule has 1 heterocycles. The van der Waals surface area contributed by atoms with Crippen LogP contribution in [0.1, 0.15) is 32.6 Å². The minimum Gasteiger partial charge on any atom is -0.417 e.